The number of carbonyl (C=O) groups excluding carboxylic acids is 1. The summed E-state index contributed by atoms with van der Waals surface area (Å²) in [6.07, 6.45) is 4.34. The fraction of sp³-hybridized carbons (Fsp3) is 0.619. The number of hydrogen-bond acceptors (Lipinski definition) is 3. The zero-order chi connectivity index (χ0) is 21.2. The molecule has 170 valence electrons. The summed E-state index contributed by atoms with van der Waals surface area (Å²) in [4.78, 5) is 16.5. The SMILES string of the molecule is CCNC(=NCC(Cc1ccc(F)cc1)C(N)=O)NC1CCCC(S(=O)CC)C1.I. The molecule has 1 aromatic carbocycles. The number of hydrogen-bond donors (Lipinski definition) is 3. The van der Waals surface area contributed by atoms with Crippen LogP contribution in [0, 0.1) is 11.7 Å². The lowest BCUT2D eigenvalue weighted by molar-refractivity contribution is -0.121. The molecule has 1 aliphatic rings. The van der Waals surface area contributed by atoms with Crippen molar-refractivity contribution in [3.63, 3.8) is 0 Å². The van der Waals surface area contributed by atoms with Crippen molar-refractivity contribution in [3.05, 3.63) is 35.6 Å². The van der Waals surface area contributed by atoms with E-state index < -0.39 is 22.6 Å². The van der Waals surface area contributed by atoms with E-state index in [-0.39, 0.29) is 47.6 Å². The Bertz CT molecular complexity index is 717. The molecule has 1 fully saturated rings. The van der Waals surface area contributed by atoms with Crippen LogP contribution in [-0.2, 0) is 22.0 Å². The molecule has 4 unspecified atom stereocenters. The third-order valence-electron chi connectivity index (χ3n) is 5.23. The Morgan fingerprint density at radius 3 is 2.60 bits per heavy atom. The molecule has 1 aromatic rings. The van der Waals surface area contributed by atoms with E-state index in [0.717, 1.165) is 31.2 Å². The Morgan fingerprint density at radius 1 is 1.30 bits per heavy atom. The van der Waals surface area contributed by atoms with Gasteiger partial charge in [0.15, 0.2) is 5.96 Å². The molecule has 9 heteroatoms. The van der Waals surface area contributed by atoms with E-state index in [1.165, 1.54) is 12.1 Å². The van der Waals surface area contributed by atoms with Gasteiger partial charge >= 0.3 is 0 Å². The third-order valence-corrected chi connectivity index (χ3v) is 6.98. The first-order valence-corrected chi connectivity index (χ1v) is 11.8. The van der Waals surface area contributed by atoms with Crippen molar-refractivity contribution in [1.29, 1.82) is 0 Å². The second kappa shape index (κ2) is 14.0. The maximum atomic E-state index is 13.1. The molecule has 0 aromatic heterocycles. The summed E-state index contributed by atoms with van der Waals surface area (Å²) in [5.41, 5.74) is 6.42. The standard InChI is InChI=1S/C21H33FN4O2S.HI/c1-3-24-21(26-18-6-5-7-19(13-18)29(28)4-2)25-14-16(20(23)27)12-15-8-10-17(22)11-9-15;/h8-11,16,18-19H,3-7,12-14H2,1-2H3,(H2,23,27)(H2,24,25,26);1H. The van der Waals surface area contributed by atoms with Crippen LogP contribution < -0.4 is 16.4 Å². The van der Waals surface area contributed by atoms with Crippen molar-refractivity contribution in [3.8, 4) is 0 Å². The van der Waals surface area contributed by atoms with E-state index in [1.54, 1.807) is 12.1 Å². The molecule has 1 saturated carbocycles. The van der Waals surface area contributed by atoms with Crippen LogP contribution in [0.3, 0.4) is 0 Å². The molecule has 1 aliphatic carbocycles. The van der Waals surface area contributed by atoms with Gasteiger partial charge in [-0.05, 0) is 50.3 Å². The van der Waals surface area contributed by atoms with E-state index in [4.69, 9.17) is 5.73 Å². The first-order valence-electron chi connectivity index (χ1n) is 10.4. The van der Waals surface area contributed by atoms with Crippen molar-refractivity contribution in [1.82, 2.24) is 10.6 Å². The Morgan fingerprint density at radius 2 is 2.00 bits per heavy atom. The van der Waals surface area contributed by atoms with Gasteiger partial charge in [0.2, 0.25) is 5.91 Å². The average molecular weight is 552 g/mol. The predicted molar refractivity (Wildman–Crippen MR) is 132 cm³/mol. The first kappa shape index (κ1) is 26.8. The maximum Gasteiger partial charge on any atom is 0.222 e. The van der Waals surface area contributed by atoms with Gasteiger partial charge in [-0.3, -0.25) is 14.0 Å². The van der Waals surface area contributed by atoms with Crippen molar-refractivity contribution in [2.45, 2.75) is 57.2 Å². The number of primary amides is 1. The van der Waals surface area contributed by atoms with Crippen molar-refractivity contribution in [2.75, 3.05) is 18.8 Å². The molecular weight excluding hydrogens is 518 g/mol. The van der Waals surface area contributed by atoms with Crippen LogP contribution in [0.25, 0.3) is 0 Å². The molecule has 0 heterocycles. The Labute approximate surface area is 198 Å². The van der Waals surface area contributed by atoms with Gasteiger partial charge in [-0.1, -0.05) is 25.5 Å². The number of aliphatic imine (C=N–C) groups is 1. The van der Waals surface area contributed by atoms with Crippen molar-refractivity contribution < 1.29 is 13.4 Å². The Kier molecular flexibility index (Phi) is 12.5. The average Bonchev–Trinajstić information content (AvgIpc) is 2.71. The summed E-state index contributed by atoms with van der Waals surface area (Å²) in [6.45, 7) is 4.89. The first-order chi connectivity index (χ1) is 13.9. The van der Waals surface area contributed by atoms with Crippen LogP contribution in [-0.4, -0.2) is 46.2 Å². The molecule has 30 heavy (non-hydrogen) atoms. The molecule has 2 rings (SSSR count). The van der Waals surface area contributed by atoms with Crippen LogP contribution in [0.1, 0.15) is 45.1 Å². The minimum atomic E-state index is -0.782. The third kappa shape index (κ3) is 8.87. The van der Waals surface area contributed by atoms with Gasteiger partial charge < -0.3 is 16.4 Å². The number of rotatable bonds is 9. The number of nitrogens with two attached hydrogens (primary N) is 1. The lowest BCUT2D eigenvalue weighted by Gasteiger charge is -2.30. The molecule has 4 atom stereocenters. The van der Waals surface area contributed by atoms with Gasteiger partial charge in [0.25, 0.3) is 0 Å². The summed E-state index contributed by atoms with van der Waals surface area (Å²) in [7, 11) is -0.782. The minimum absolute atomic E-state index is 0. The topological polar surface area (TPSA) is 96.6 Å². The Balaban J connectivity index is 0.00000450. The fourth-order valence-corrected chi connectivity index (χ4v) is 4.97. The quantitative estimate of drug-likeness (QED) is 0.250. The van der Waals surface area contributed by atoms with E-state index >= 15 is 0 Å². The summed E-state index contributed by atoms with van der Waals surface area (Å²) < 4.78 is 25.3. The van der Waals surface area contributed by atoms with Gasteiger partial charge in [0.1, 0.15) is 5.82 Å². The Hall–Kier alpha value is -1.23. The predicted octanol–water partition coefficient (Wildman–Crippen LogP) is 2.72. The zero-order valence-electron chi connectivity index (χ0n) is 17.7. The van der Waals surface area contributed by atoms with Crippen LogP contribution in [0.2, 0.25) is 0 Å². The summed E-state index contributed by atoms with van der Waals surface area (Å²) in [5.74, 6) is 0.129. The normalized spacial score (nSPS) is 21.2. The highest BCUT2D eigenvalue weighted by Crippen LogP contribution is 2.23. The molecule has 1 amide bonds. The fourth-order valence-electron chi connectivity index (χ4n) is 3.63. The number of guanidine groups is 1. The molecule has 0 spiro atoms. The highest BCUT2D eigenvalue weighted by atomic mass is 127. The molecule has 0 radical (unpaired) electrons. The minimum Gasteiger partial charge on any atom is -0.369 e. The lowest BCUT2D eigenvalue weighted by Crippen LogP contribution is -2.47. The van der Waals surface area contributed by atoms with E-state index in [0.29, 0.717) is 24.7 Å². The number of carbonyl (C=O) groups is 1. The van der Waals surface area contributed by atoms with Gasteiger partial charge in [-0.2, -0.15) is 0 Å². The molecule has 6 nitrogen and oxygen atoms in total. The van der Waals surface area contributed by atoms with E-state index in [1.807, 2.05) is 13.8 Å². The van der Waals surface area contributed by atoms with Gasteiger partial charge in [-0.25, -0.2) is 4.39 Å². The highest BCUT2D eigenvalue weighted by Gasteiger charge is 2.26. The summed E-state index contributed by atoms with van der Waals surface area (Å²) in [5, 5.41) is 6.88. The van der Waals surface area contributed by atoms with Crippen molar-refractivity contribution in [2.24, 2.45) is 16.6 Å². The smallest absolute Gasteiger partial charge is 0.222 e. The zero-order valence-corrected chi connectivity index (χ0v) is 20.9. The van der Waals surface area contributed by atoms with Crippen molar-refractivity contribution >= 4 is 46.6 Å². The van der Waals surface area contributed by atoms with Gasteiger partial charge in [0.05, 0.1) is 12.5 Å². The number of nitrogens with zero attached hydrogens (tertiary/aromatic N) is 1. The second-order valence-corrected chi connectivity index (χ2v) is 9.45. The second-order valence-electron chi connectivity index (χ2n) is 7.45. The molecule has 0 bridgehead atoms. The van der Waals surface area contributed by atoms with Crippen LogP contribution in [0.5, 0.6) is 0 Å². The van der Waals surface area contributed by atoms with E-state index in [9.17, 15) is 13.4 Å². The molecule has 4 N–H and O–H groups in total. The van der Waals surface area contributed by atoms with Crippen LogP contribution in [0.4, 0.5) is 4.39 Å². The lowest BCUT2D eigenvalue weighted by atomic mass is 9.95. The molecule has 0 aliphatic heterocycles. The van der Waals surface area contributed by atoms with Gasteiger partial charge in [-0.15, -0.1) is 24.0 Å². The van der Waals surface area contributed by atoms with E-state index in [2.05, 4.69) is 15.6 Å². The molecule has 0 saturated heterocycles. The largest absolute Gasteiger partial charge is 0.369 e. The summed E-state index contributed by atoms with van der Waals surface area (Å²) in [6, 6.07) is 6.29. The number of benzene rings is 1. The number of nitrogens with one attached hydrogen (secondary N) is 2. The van der Waals surface area contributed by atoms with Crippen LogP contribution in [0.15, 0.2) is 29.3 Å². The van der Waals surface area contributed by atoms with Gasteiger partial charge in [0, 0.05) is 34.4 Å². The number of amides is 1. The maximum absolute atomic E-state index is 13.1. The monoisotopic (exact) mass is 552 g/mol. The summed E-state index contributed by atoms with van der Waals surface area (Å²) >= 11 is 0. The highest BCUT2D eigenvalue weighted by molar-refractivity contribution is 14.0. The van der Waals surface area contributed by atoms with Crippen LogP contribution >= 0.6 is 24.0 Å². The molecular formula is C21H34FIN4O2S. The number of halogens is 2.